The Balaban J connectivity index is 1.76. The molecule has 0 heterocycles. The Bertz CT molecular complexity index is 803. The van der Waals surface area contributed by atoms with Crippen LogP contribution >= 0.6 is 0 Å². The lowest BCUT2D eigenvalue weighted by atomic mass is 10.1. The molecule has 0 atom stereocenters. The molecule has 0 fully saturated rings. The number of halogens is 1. The summed E-state index contributed by atoms with van der Waals surface area (Å²) in [6.45, 7) is 0.386. The van der Waals surface area contributed by atoms with E-state index in [1.807, 2.05) is 24.3 Å². The van der Waals surface area contributed by atoms with Crippen LogP contribution in [0.1, 0.15) is 11.1 Å². The smallest absolute Gasteiger partial charge is 0.246 e. The van der Waals surface area contributed by atoms with Crippen LogP contribution in [0.15, 0.2) is 54.6 Å². The van der Waals surface area contributed by atoms with E-state index in [-0.39, 0.29) is 24.2 Å². The molecule has 0 spiro atoms. The number of ether oxygens (including phenoxy) is 1. The third-order valence-electron chi connectivity index (χ3n) is 3.92. The fraction of sp³-hybridized carbons (Fsp3) is 0.238. The first-order valence-electron chi connectivity index (χ1n) is 8.56. The molecule has 0 aliphatic carbocycles. The predicted octanol–water partition coefficient (Wildman–Crippen LogP) is 2.66. The first-order chi connectivity index (χ1) is 13.0. The molecule has 2 aromatic carbocycles. The van der Waals surface area contributed by atoms with Crippen molar-refractivity contribution >= 4 is 17.9 Å². The van der Waals surface area contributed by atoms with Gasteiger partial charge >= 0.3 is 0 Å². The molecule has 0 aliphatic rings. The number of benzene rings is 2. The largest absolute Gasteiger partial charge is 0.497 e. The van der Waals surface area contributed by atoms with Crippen molar-refractivity contribution in [3.63, 3.8) is 0 Å². The van der Waals surface area contributed by atoms with E-state index >= 15 is 0 Å². The molecule has 0 radical (unpaired) electrons. The van der Waals surface area contributed by atoms with E-state index in [0.29, 0.717) is 18.7 Å². The van der Waals surface area contributed by atoms with Crippen LogP contribution < -0.4 is 10.1 Å². The Labute approximate surface area is 158 Å². The molecule has 0 saturated carbocycles. The highest BCUT2D eigenvalue weighted by Gasteiger charge is 2.10. The van der Waals surface area contributed by atoms with Crippen LogP contribution in [0.5, 0.6) is 5.75 Å². The molecule has 2 aromatic rings. The fourth-order valence-electron chi connectivity index (χ4n) is 2.39. The summed E-state index contributed by atoms with van der Waals surface area (Å²) in [6.07, 6.45) is 3.69. The molecule has 2 amide bonds. The highest BCUT2D eigenvalue weighted by atomic mass is 19.1. The number of hydrogen-bond acceptors (Lipinski definition) is 3. The second-order valence-electron chi connectivity index (χ2n) is 6.03. The third kappa shape index (κ3) is 6.93. The summed E-state index contributed by atoms with van der Waals surface area (Å²) in [5.41, 5.74) is 1.77. The average Bonchev–Trinajstić information content (AvgIpc) is 2.67. The zero-order chi connectivity index (χ0) is 19.6. The summed E-state index contributed by atoms with van der Waals surface area (Å²) in [5.74, 6) is -0.0994. The van der Waals surface area contributed by atoms with E-state index < -0.39 is 0 Å². The first-order valence-corrected chi connectivity index (χ1v) is 8.56. The van der Waals surface area contributed by atoms with E-state index in [1.165, 1.54) is 23.1 Å². The maximum absolute atomic E-state index is 12.8. The molecule has 0 aromatic heterocycles. The van der Waals surface area contributed by atoms with Crippen LogP contribution in [-0.2, 0) is 16.0 Å². The van der Waals surface area contributed by atoms with E-state index in [1.54, 1.807) is 32.4 Å². The third-order valence-corrected chi connectivity index (χ3v) is 3.92. The van der Waals surface area contributed by atoms with E-state index in [9.17, 15) is 14.0 Å². The molecule has 2 rings (SSSR count). The number of carbonyl (C=O) groups excluding carboxylic acids is 2. The number of nitrogens with zero attached hydrogens (tertiary/aromatic N) is 1. The van der Waals surface area contributed by atoms with Crippen molar-refractivity contribution in [3.05, 3.63) is 71.6 Å². The SMILES string of the molecule is COc1cccc(/C=C/C(=O)N(C)CC(=O)NCCc2ccc(F)cc2)c1. The second kappa shape index (κ2) is 10.1. The molecule has 27 heavy (non-hydrogen) atoms. The molecule has 142 valence electrons. The maximum Gasteiger partial charge on any atom is 0.246 e. The summed E-state index contributed by atoms with van der Waals surface area (Å²) < 4.78 is 18.0. The van der Waals surface area contributed by atoms with Crippen LogP contribution in [0.3, 0.4) is 0 Å². The maximum atomic E-state index is 12.8. The van der Waals surface area contributed by atoms with Crippen LogP contribution in [0, 0.1) is 5.82 Å². The highest BCUT2D eigenvalue weighted by molar-refractivity contribution is 5.94. The quantitative estimate of drug-likeness (QED) is 0.727. The lowest BCUT2D eigenvalue weighted by molar-refractivity contribution is -0.131. The molecule has 0 saturated heterocycles. The van der Waals surface area contributed by atoms with Crippen LogP contribution in [0.4, 0.5) is 4.39 Å². The van der Waals surface area contributed by atoms with E-state index in [4.69, 9.17) is 4.74 Å². The summed E-state index contributed by atoms with van der Waals surface area (Å²) in [7, 11) is 3.15. The Hall–Kier alpha value is -3.15. The lowest BCUT2D eigenvalue weighted by Gasteiger charge is -2.15. The molecule has 1 N–H and O–H groups in total. The van der Waals surface area contributed by atoms with Crippen molar-refractivity contribution in [1.29, 1.82) is 0 Å². The summed E-state index contributed by atoms with van der Waals surface area (Å²) in [6, 6.07) is 13.5. The predicted molar refractivity (Wildman–Crippen MR) is 103 cm³/mol. The van der Waals surface area contributed by atoms with Crippen LogP contribution in [0.25, 0.3) is 6.08 Å². The van der Waals surface area contributed by atoms with Gasteiger partial charge in [0, 0.05) is 19.7 Å². The summed E-state index contributed by atoms with van der Waals surface area (Å²) in [4.78, 5) is 25.4. The molecule has 5 nitrogen and oxygen atoms in total. The van der Waals surface area contributed by atoms with Gasteiger partial charge in [-0.05, 0) is 47.9 Å². The number of rotatable bonds is 8. The second-order valence-corrected chi connectivity index (χ2v) is 6.03. The average molecular weight is 370 g/mol. The lowest BCUT2D eigenvalue weighted by Crippen LogP contribution is -2.38. The van der Waals surface area contributed by atoms with Gasteiger partial charge in [-0.3, -0.25) is 9.59 Å². The van der Waals surface area contributed by atoms with Crippen molar-refractivity contribution in [3.8, 4) is 5.75 Å². The minimum Gasteiger partial charge on any atom is -0.497 e. The van der Waals surface area contributed by atoms with Gasteiger partial charge in [-0.25, -0.2) is 4.39 Å². The van der Waals surface area contributed by atoms with Gasteiger partial charge in [-0.15, -0.1) is 0 Å². The summed E-state index contributed by atoms with van der Waals surface area (Å²) >= 11 is 0. The zero-order valence-corrected chi connectivity index (χ0v) is 15.4. The van der Waals surface area contributed by atoms with Gasteiger partial charge in [0.1, 0.15) is 11.6 Å². The number of nitrogens with one attached hydrogen (secondary N) is 1. The van der Waals surface area contributed by atoms with Gasteiger partial charge < -0.3 is 15.0 Å². The highest BCUT2D eigenvalue weighted by Crippen LogP contribution is 2.13. The number of amides is 2. The topological polar surface area (TPSA) is 58.6 Å². The van der Waals surface area contributed by atoms with Crippen molar-refractivity contribution in [2.75, 3.05) is 27.2 Å². The van der Waals surface area contributed by atoms with Gasteiger partial charge in [-0.1, -0.05) is 24.3 Å². The molecular formula is C21H23FN2O3. The number of likely N-dealkylation sites (N-methyl/N-ethyl adjacent to an activating group) is 1. The normalized spacial score (nSPS) is 10.6. The number of methoxy groups -OCH3 is 1. The fourth-order valence-corrected chi connectivity index (χ4v) is 2.39. The van der Waals surface area contributed by atoms with Gasteiger partial charge in [-0.2, -0.15) is 0 Å². The minimum atomic E-state index is -0.287. The first kappa shape index (κ1) is 20.2. The molecular weight excluding hydrogens is 347 g/mol. The van der Waals surface area contributed by atoms with Gasteiger partial charge in [0.05, 0.1) is 13.7 Å². The van der Waals surface area contributed by atoms with Crippen molar-refractivity contribution in [2.24, 2.45) is 0 Å². The van der Waals surface area contributed by atoms with E-state index in [0.717, 1.165) is 11.1 Å². The van der Waals surface area contributed by atoms with Crippen molar-refractivity contribution < 1.29 is 18.7 Å². The van der Waals surface area contributed by atoms with E-state index in [2.05, 4.69) is 5.32 Å². The Morgan fingerprint density at radius 2 is 1.93 bits per heavy atom. The van der Waals surface area contributed by atoms with Crippen LogP contribution in [0.2, 0.25) is 0 Å². The number of carbonyl (C=O) groups is 2. The van der Waals surface area contributed by atoms with Crippen molar-refractivity contribution in [2.45, 2.75) is 6.42 Å². The molecule has 0 unspecified atom stereocenters. The summed E-state index contributed by atoms with van der Waals surface area (Å²) in [5, 5.41) is 2.75. The zero-order valence-electron chi connectivity index (χ0n) is 15.4. The Morgan fingerprint density at radius 3 is 2.63 bits per heavy atom. The Kier molecular flexibility index (Phi) is 7.55. The monoisotopic (exact) mass is 370 g/mol. The number of hydrogen-bond donors (Lipinski definition) is 1. The van der Waals surface area contributed by atoms with Gasteiger partial charge in [0.15, 0.2) is 0 Å². The van der Waals surface area contributed by atoms with Crippen molar-refractivity contribution in [1.82, 2.24) is 10.2 Å². The minimum absolute atomic E-state index is 0.0370. The van der Waals surface area contributed by atoms with Gasteiger partial charge in [0.25, 0.3) is 0 Å². The Morgan fingerprint density at radius 1 is 1.19 bits per heavy atom. The van der Waals surface area contributed by atoms with Crippen LogP contribution in [-0.4, -0.2) is 44.0 Å². The molecule has 6 heteroatoms. The van der Waals surface area contributed by atoms with Gasteiger partial charge in [0.2, 0.25) is 11.8 Å². The standard InChI is InChI=1S/C21H23FN2O3/c1-24(21(26)11-8-17-4-3-5-19(14-17)27-2)15-20(25)23-13-12-16-6-9-18(22)10-7-16/h3-11,14H,12-13,15H2,1-2H3,(H,23,25)/b11-8+. The molecule has 0 aliphatic heterocycles. The molecule has 0 bridgehead atoms.